The molecule has 0 fully saturated rings. The van der Waals surface area contributed by atoms with E-state index in [4.69, 9.17) is 5.11 Å². The second kappa shape index (κ2) is 5.53. The number of phenolic OH excluding ortho intramolecular Hbond substituents is 1. The number of aromatic amines is 1. The van der Waals surface area contributed by atoms with Crippen molar-refractivity contribution in [1.29, 1.82) is 0 Å². The van der Waals surface area contributed by atoms with Gasteiger partial charge in [-0.2, -0.15) is 0 Å². The Morgan fingerprint density at radius 3 is 2.79 bits per heavy atom. The zero-order chi connectivity index (χ0) is 13.8. The van der Waals surface area contributed by atoms with Gasteiger partial charge in [-0.15, -0.1) is 0 Å². The van der Waals surface area contributed by atoms with Crippen LogP contribution in [0.5, 0.6) is 5.75 Å². The van der Waals surface area contributed by atoms with Gasteiger partial charge in [0.15, 0.2) is 0 Å². The number of aromatic hydroxyl groups is 1. The van der Waals surface area contributed by atoms with Crippen molar-refractivity contribution in [2.45, 2.75) is 6.42 Å². The van der Waals surface area contributed by atoms with Gasteiger partial charge in [0.25, 0.3) is 0 Å². The summed E-state index contributed by atoms with van der Waals surface area (Å²) in [5.41, 5.74) is 1.06. The molecule has 0 atom stereocenters. The summed E-state index contributed by atoms with van der Waals surface area (Å²) in [6, 6.07) is 6.33. The van der Waals surface area contributed by atoms with E-state index in [1.807, 2.05) is 0 Å². The van der Waals surface area contributed by atoms with E-state index in [-0.39, 0.29) is 17.9 Å². The Morgan fingerprint density at radius 1 is 1.26 bits per heavy atom. The molecule has 0 spiro atoms. The van der Waals surface area contributed by atoms with E-state index < -0.39 is 5.97 Å². The smallest absolute Gasteiger partial charge is 0.317 e. The number of phenols is 1. The maximum absolute atomic E-state index is 11.2. The van der Waals surface area contributed by atoms with Crippen LogP contribution < -0.4 is 10.9 Å². The van der Waals surface area contributed by atoms with Crippen molar-refractivity contribution < 1.29 is 15.0 Å². The number of carbonyl (C=O) groups is 1. The molecule has 0 radical (unpaired) electrons. The number of rotatable bonds is 5. The van der Waals surface area contributed by atoms with Gasteiger partial charge < -0.3 is 20.5 Å². The van der Waals surface area contributed by atoms with E-state index in [0.29, 0.717) is 18.5 Å². The standard InChI is InChI=1S/C13H14N2O4/c16-10-3-1-8(5-6-14-7-12(18)19)9-2-4-11(17)15-13(9)10/h1-4,14,16H,5-7H2,(H,15,17)(H,18,19). The Labute approximate surface area is 108 Å². The summed E-state index contributed by atoms with van der Waals surface area (Å²) in [5, 5.41) is 21.8. The topological polar surface area (TPSA) is 102 Å². The lowest BCUT2D eigenvalue weighted by atomic mass is 10.0. The molecule has 100 valence electrons. The molecule has 2 aromatic rings. The lowest BCUT2D eigenvalue weighted by Crippen LogP contribution is -2.24. The number of benzene rings is 1. The molecule has 1 aromatic heterocycles. The van der Waals surface area contributed by atoms with Crippen LogP contribution in [0.1, 0.15) is 5.56 Å². The van der Waals surface area contributed by atoms with Crippen LogP contribution in [0, 0.1) is 0 Å². The molecule has 0 amide bonds. The Bertz CT molecular complexity index is 663. The number of nitrogens with one attached hydrogen (secondary N) is 2. The highest BCUT2D eigenvalue weighted by Gasteiger charge is 2.06. The summed E-state index contributed by atoms with van der Waals surface area (Å²) < 4.78 is 0. The number of fused-ring (bicyclic) bond motifs is 1. The Balaban J connectivity index is 2.22. The summed E-state index contributed by atoms with van der Waals surface area (Å²) >= 11 is 0. The summed E-state index contributed by atoms with van der Waals surface area (Å²) in [7, 11) is 0. The summed E-state index contributed by atoms with van der Waals surface area (Å²) in [4.78, 5) is 24.2. The lowest BCUT2D eigenvalue weighted by molar-refractivity contribution is -0.135. The average Bonchev–Trinajstić information content (AvgIpc) is 2.37. The number of carboxylic acids is 1. The van der Waals surface area contributed by atoms with Crippen molar-refractivity contribution in [3.8, 4) is 5.75 Å². The zero-order valence-electron chi connectivity index (χ0n) is 10.1. The number of H-pyrrole nitrogens is 1. The molecule has 6 nitrogen and oxygen atoms in total. The number of pyridine rings is 1. The maximum atomic E-state index is 11.2. The van der Waals surface area contributed by atoms with Crippen molar-refractivity contribution in [2.24, 2.45) is 0 Å². The molecule has 2 rings (SSSR count). The Kier molecular flexibility index (Phi) is 3.82. The third-order valence-electron chi connectivity index (χ3n) is 2.81. The van der Waals surface area contributed by atoms with E-state index in [1.54, 1.807) is 12.1 Å². The van der Waals surface area contributed by atoms with E-state index >= 15 is 0 Å². The molecule has 0 saturated carbocycles. The van der Waals surface area contributed by atoms with Crippen molar-refractivity contribution in [1.82, 2.24) is 10.3 Å². The number of aliphatic carboxylic acids is 1. The van der Waals surface area contributed by atoms with Crippen LogP contribution in [0.25, 0.3) is 10.9 Å². The van der Waals surface area contributed by atoms with E-state index in [1.165, 1.54) is 12.1 Å². The lowest BCUT2D eigenvalue weighted by Gasteiger charge is -2.08. The first-order valence-electron chi connectivity index (χ1n) is 5.84. The van der Waals surface area contributed by atoms with Gasteiger partial charge in [0.05, 0.1) is 12.1 Å². The van der Waals surface area contributed by atoms with E-state index in [0.717, 1.165) is 10.9 Å². The maximum Gasteiger partial charge on any atom is 0.317 e. The molecular formula is C13H14N2O4. The largest absolute Gasteiger partial charge is 0.506 e. The van der Waals surface area contributed by atoms with Crippen LogP contribution >= 0.6 is 0 Å². The molecule has 0 unspecified atom stereocenters. The zero-order valence-corrected chi connectivity index (χ0v) is 10.1. The van der Waals surface area contributed by atoms with Gasteiger partial charge in [-0.05, 0) is 30.7 Å². The van der Waals surface area contributed by atoms with Crippen molar-refractivity contribution >= 4 is 16.9 Å². The molecular weight excluding hydrogens is 248 g/mol. The van der Waals surface area contributed by atoms with Crippen LogP contribution in [-0.2, 0) is 11.2 Å². The second-order valence-corrected chi connectivity index (χ2v) is 4.18. The number of aromatic nitrogens is 1. The van der Waals surface area contributed by atoms with Crippen molar-refractivity contribution in [3.63, 3.8) is 0 Å². The van der Waals surface area contributed by atoms with Gasteiger partial charge in [0.1, 0.15) is 5.75 Å². The highest BCUT2D eigenvalue weighted by molar-refractivity contribution is 5.87. The Hall–Kier alpha value is -2.34. The molecule has 0 aliphatic heterocycles. The van der Waals surface area contributed by atoms with Gasteiger partial charge in [0, 0.05) is 11.5 Å². The monoisotopic (exact) mass is 262 g/mol. The van der Waals surface area contributed by atoms with Gasteiger partial charge in [0.2, 0.25) is 5.56 Å². The molecule has 0 bridgehead atoms. The fourth-order valence-corrected chi connectivity index (χ4v) is 1.93. The summed E-state index contributed by atoms with van der Waals surface area (Å²) in [6.45, 7) is 0.415. The van der Waals surface area contributed by atoms with Crippen LogP contribution in [-0.4, -0.2) is 34.3 Å². The molecule has 6 heteroatoms. The SMILES string of the molecule is O=C(O)CNCCc1ccc(O)c2[nH]c(=O)ccc12. The molecule has 19 heavy (non-hydrogen) atoms. The number of hydrogen-bond acceptors (Lipinski definition) is 4. The molecule has 0 aliphatic carbocycles. The molecule has 1 heterocycles. The molecule has 0 saturated heterocycles. The normalized spacial score (nSPS) is 10.7. The van der Waals surface area contributed by atoms with Gasteiger partial charge in [-0.1, -0.05) is 6.07 Å². The van der Waals surface area contributed by atoms with Crippen LogP contribution in [0.4, 0.5) is 0 Å². The van der Waals surface area contributed by atoms with Crippen molar-refractivity contribution in [3.05, 3.63) is 40.2 Å². The van der Waals surface area contributed by atoms with Crippen molar-refractivity contribution in [2.75, 3.05) is 13.1 Å². The predicted molar refractivity (Wildman–Crippen MR) is 70.4 cm³/mol. The fourth-order valence-electron chi connectivity index (χ4n) is 1.93. The first kappa shape index (κ1) is 13.1. The minimum atomic E-state index is -0.903. The summed E-state index contributed by atoms with van der Waals surface area (Å²) in [6.07, 6.45) is 0.607. The first-order chi connectivity index (χ1) is 9.08. The molecule has 4 N–H and O–H groups in total. The number of carboxylic acid groups (broad SMARTS) is 1. The average molecular weight is 262 g/mol. The van der Waals surface area contributed by atoms with Gasteiger partial charge in [-0.25, -0.2) is 0 Å². The highest BCUT2D eigenvalue weighted by Crippen LogP contribution is 2.24. The predicted octanol–water partition coefficient (Wildman–Crippen LogP) is 0.450. The third-order valence-corrected chi connectivity index (χ3v) is 2.81. The van der Waals surface area contributed by atoms with Crippen LogP contribution in [0.15, 0.2) is 29.1 Å². The molecule has 0 aliphatic rings. The quantitative estimate of drug-likeness (QED) is 0.586. The fraction of sp³-hybridized carbons (Fsp3) is 0.231. The minimum Gasteiger partial charge on any atom is -0.506 e. The first-order valence-corrected chi connectivity index (χ1v) is 5.84. The van der Waals surface area contributed by atoms with Gasteiger partial charge >= 0.3 is 5.97 Å². The summed E-state index contributed by atoms with van der Waals surface area (Å²) in [5.74, 6) is -0.880. The van der Waals surface area contributed by atoms with Crippen LogP contribution in [0.3, 0.4) is 0 Å². The molecule has 1 aromatic carbocycles. The van der Waals surface area contributed by atoms with Crippen LogP contribution in [0.2, 0.25) is 0 Å². The number of hydrogen-bond donors (Lipinski definition) is 4. The minimum absolute atomic E-state index is 0.0231. The Morgan fingerprint density at radius 2 is 2.05 bits per heavy atom. The second-order valence-electron chi connectivity index (χ2n) is 4.18. The third kappa shape index (κ3) is 3.11. The van der Waals surface area contributed by atoms with Gasteiger partial charge in [-0.3, -0.25) is 9.59 Å². The highest BCUT2D eigenvalue weighted by atomic mass is 16.4. The van der Waals surface area contributed by atoms with E-state index in [2.05, 4.69) is 10.3 Å². The van der Waals surface area contributed by atoms with E-state index in [9.17, 15) is 14.7 Å².